The van der Waals surface area contributed by atoms with Crippen molar-refractivity contribution in [2.45, 2.75) is 6.43 Å². The molecule has 9 heteroatoms. The lowest BCUT2D eigenvalue weighted by Gasteiger charge is -2.01. The van der Waals surface area contributed by atoms with Crippen LogP contribution in [0.4, 0.5) is 14.5 Å². The Balaban J connectivity index is 3.61. The molecule has 1 aromatic rings. The first-order valence-electron chi connectivity index (χ1n) is 3.74. The average molecular weight is 253 g/mol. The Bertz CT molecular complexity index is 514. The minimum absolute atomic E-state index is 0.617. The standard InChI is InChI=1S/C7H3ClF2N2O4/c8-6(14)2-1-11-3(7(9)10)4(5(2)13)12(15)16/h1,7H,(H,11,13). The van der Waals surface area contributed by atoms with Crippen LogP contribution in [-0.2, 0) is 0 Å². The van der Waals surface area contributed by atoms with Gasteiger partial charge in [-0.05, 0) is 11.6 Å². The Hall–Kier alpha value is -1.83. The first-order valence-corrected chi connectivity index (χ1v) is 4.12. The highest BCUT2D eigenvalue weighted by Gasteiger charge is 2.29. The van der Waals surface area contributed by atoms with Crippen molar-refractivity contribution in [1.82, 2.24) is 4.98 Å². The highest BCUT2D eigenvalue weighted by Crippen LogP contribution is 2.23. The summed E-state index contributed by atoms with van der Waals surface area (Å²) in [4.78, 5) is 32.9. The summed E-state index contributed by atoms with van der Waals surface area (Å²) in [6.07, 6.45) is -2.61. The third-order valence-corrected chi connectivity index (χ3v) is 1.90. The number of rotatable bonds is 3. The molecule has 0 aromatic carbocycles. The quantitative estimate of drug-likeness (QED) is 0.502. The number of aromatic amines is 1. The maximum Gasteiger partial charge on any atom is 0.342 e. The van der Waals surface area contributed by atoms with Crippen molar-refractivity contribution < 1.29 is 18.5 Å². The van der Waals surface area contributed by atoms with E-state index in [-0.39, 0.29) is 0 Å². The van der Waals surface area contributed by atoms with Crippen LogP contribution < -0.4 is 5.43 Å². The molecule has 0 bridgehead atoms. The predicted octanol–water partition coefficient (Wildman–Crippen LogP) is 1.60. The number of aromatic nitrogens is 1. The third kappa shape index (κ3) is 2.06. The number of nitrogens with one attached hydrogen (secondary N) is 1. The lowest BCUT2D eigenvalue weighted by molar-refractivity contribution is -0.387. The summed E-state index contributed by atoms with van der Waals surface area (Å²) in [5.74, 6) is 0. The second kappa shape index (κ2) is 4.35. The molecule has 1 heterocycles. The number of halogens is 3. The van der Waals surface area contributed by atoms with E-state index < -0.39 is 39.0 Å². The summed E-state index contributed by atoms with van der Waals surface area (Å²) in [5, 5.41) is 9.16. The van der Waals surface area contributed by atoms with E-state index in [1.54, 1.807) is 0 Å². The molecule has 0 spiro atoms. The number of nitrogens with zero attached hydrogens (tertiary/aromatic N) is 1. The van der Waals surface area contributed by atoms with Crippen LogP contribution in [0.2, 0.25) is 0 Å². The van der Waals surface area contributed by atoms with Crippen molar-refractivity contribution in [3.05, 3.63) is 37.8 Å². The van der Waals surface area contributed by atoms with Gasteiger partial charge in [0.15, 0.2) is 5.69 Å². The predicted molar refractivity (Wildman–Crippen MR) is 48.9 cm³/mol. The Labute approximate surface area is 91.0 Å². The van der Waals surface area contributed by atoms with Crippen LogP contribution in [0.1, 0.15) is 22.5 Å². The van der Waals surface area contributed by atoms with E-state index in [4.69, 9.17) is 11.6 Å². The largest absolute Gasteiger partial charge is 0.354 e. The van der Waals surface area contributed by atoms with Crippen molar-refractivity contribution in [3.63, 3.8) is 0 Å². The fourth-order valence-electron chi connectivity index (χ4n) is 1.03. The zero-order valence-electron chi connectivity index (χ0n) is 7.37. The molecule has 1 aromatic heterocycles. The van der Waals surface area contributed by atoms with Crippen molar-refractivity contribution >= 4 is 22.5 Å². The molecule has 0 fully saturated rings. The number of carbonyl (C=O) groups excluding carboxylic acids is 1. The Kier molecular flexibility index (Phi) is 3.33. The van der Waals surface area contributed by atoms with E-state index in [0.717, 1.165) is 0 Å². The SMILES string of the molecule is O=C(Cl)c1c[nH]c(C(F)F)c([N+](=O)[O-])c1=O. The van der Waals surface area contributed by atoms with Crippen LogP contribution in [0.15, 0.2) is 11.0 Å². The number of hydrogen-bond acceptors (Lipinski definition) is 4. The van der Waals surface area contributed by atoms with E-state index in [0.29, 0.717) is 6.20 Å². The van der Waals surface area contributed by atoms with Gasteiger partial charge < -0.3 is 4.98 Å². The number of nitro groups is 1. The highest BCUT2D eigenvalue weighted by molar-refractivity contribution is 6.67. The van der Waals surface area contributed by atoms with Crippen molar-refractivity contribution in [1.29, 1.82) is 0 Å². The van der Waals surface area contributed by atoms with Crippen molar-refractivity contribution in [2.75, 3.05) is 0 Å². The summed E-state index contributed by atoms with van der Waals surface area (Å²) < 4.78 is 24.6. The van der Waals surface area contributed by atoms with Crippen LogP contribution in [0.5, 0.6) is 0 Å². The van der Waals surface area contributed by atoms with Crippen molar-refractivity contribution in [3.8, 4) is 0 Å². The highest BCUT2D eigenvalue weighted by atomic mass is 35.5. The summed E-state index contributed by atoms with van der Waals surface area (Å²) in [7, 11) is 0. The van der Waals surface area contributed by atoms with Gasteiger partial charge in [0.1, 0.15) is 5.56 Å². The average Bonchev–Trinajstić information content (AvgIpc) is 2.15. The molecule has 86 valence electrons. The number of H-pyrrole nitrogens is 1. The lowest BCUT2D eigenvalue weighted by atomic mass is 10.2. The van der Waals surface area contributed by atoms with Gasteiger partial charge in [0.2, 0.25) is 0 Å². The van der Waals surface area contributed by atoms with Crippen LogP contribution in [-0.4, -0.2) is 15.1 Å². The smallest absolute Gasteiger partial charge is 0.342 e. The van der Waals surface area contributed by atoms with Crippen LogP contribution >= 0.6 is 11.6 Å². The number of alkyl halides is 2. The third-order valence-electron chi connectivity index (χ3n) is 1.70. The molecule has 0 saturated heterocycles. The minimum Gasteiger partial charge on any atom is -0.354 e. The first-order chi connectivity index (χ1) is 7.36. The molecule has 0 aliphatic rings. The number of pyridine rings is 1. The molecule has 1 rings (SSSR count). The number of carbonyl (C=O) groups is 1. The van der Waals surface area contributed by atoms with Gasteiger partial charge in [-0.1, -0.05) is 0 Å². The van der Waals surface area contributed by atoms with Gasteiger partial charge in [0.25, 0.3) is 17.1 Å². The topological polar surface area (TPSA) is 93.1 Å². The van der Waals surface area contributed by atoms with E-state index in [1.807, 2.05) is 4.98 Å². The maximum atomic E-state index is 12.3. The lowest BCUT2D eigenvalue weighted by Crippen LogP contribution is -2.19. The molecule has 0 aliphatic heterocycles. The summed E-state index contributed by atoms with van der Waals surface area (Å²) in [5.41, 5.74) is -4.71. The number of hydrogen-bond donors (Lipinski definition) is 1. The molecular weight excluding hydrogens is 250 g/mol. The Morgan fingerprint density at radius 3 is 2.50 bits per heavy atom. The Morgan fingerprint density at radius 2 is 2.12 bits per heavy atom. The van der Waals surface area contributed by atoms with Crippen LogP contribution in [0, 0.1) is 10.1 Å². The van der Waals surface area contributed by atoms with Crippen molar-refractivity contribution in [2.24, 2.45) is 0 Å². The molecule has 1 N–H and O–H groups in total. The molecular formula is C7H3ClF2N2O4. The van der Waals surface area contributed by atoms with E-state index in [2.05, 4.69) is 0 Å². The van der Waals surface area contributed by atoms with Gasteiger partial charge in [0.05, 0.1) is 4.92 Å². The second-order valence-electron chi connectivity index (χ2n) is 2.63. The van der Waals surface area contributed by atoms with Gasteiger partial charge >= 0.3 is 5.69 Å². The van der Waals surface area contributed by atoms with E-state index >= 15 is 0 Å². The normalized spacial score (nSPS) is 10.5. The van der Waals surface area contributed by atoms with Gasteiger partial charge in [-0.25, -0.2) is 8.78 Å². The first kappa shape index (κ1) is 12.2. The van der Waals surface area contributed by atoms with Gasteiger partial charge in [-0.15, -0.1) is 0 Å². The molecule has 0 atom stereocenters. The molecule has 0 aliphatic carbocycles. The monoisotopic (exact) mass is 252 g/mol. The minimum atomic E-state index is -3.23. The maximum absolute atomic E-state index is 12.3. The molecule has 6 nitrogen and oxygen atoms in total. The van der Waals surface area contributed by atoms with Gasteiger partial charge in [-0.3, -0.25) is 19.7 Å². The second-order valence-corrected chi connectivity index (χ2v) is 2.97. The Morgan fingerprint density at radius 1 is 1.56 bits per heavy atom. The van der Waals surface area contributed by atoms with E-state index in [9.17, 15) is 28.5 Å². The summed E-state index contributed by atoms with van der Waals surface area (Å²) in [6.45, 7) is 0. The molecule has 0 amide bonds. The molecule has 0 unspecified atom stereocenters. The van der Waals surface area contributed by atoms with Crippen LogP contribution in [0.25, 0.3) is 0 Å². The van der Waals surface area contributed by atoms with Crippen LogP contribution in [0.3, 0.4) is 0 Å². The molecule has 0 radical (unpaired) electrons. The van der Waals surface area contributed by atoms with E-state index in [1.165, 1.54) is 0 Å². The fraction of sp³-hybridized carbons (Fsp3) is 0.143. The van der Waals surface area contributed by atoms with Gasteiger partial charge in [-0.2, -0.15) is 0 Å². The summed E-state index contributed by atoms with van der Waals surface area (Å²) in [6, 6.07) is 0. The summed E-state index contributed by atoms with van der Waals surface area (Å²) >= 11 is 4.95. The fourth-order valence-corrected chi connectivity index (χ4v) is 1.17. The molecule has 0 saturated carbocycles. The molecule has 16 heavy (non-hydrogen) atoms. The zero-order chi connectivity index (χ0) is 12.5. The zero-order valence-corrected chi connectivity index (χ0v) is 8.12. The van der Waals surface area contributed by atoms with Gasteiger partial charge in [0, 0.05) is 6.20 Å².